The lowest BCUT2D eigenvalue weighted by Gasteiger charge is -2.28. The van der Waals surface area contributed by atoms with Gasteiger partial charge in [0.2, 0.25) is 17.7 Å². The van der Waals surface area contributed by atoms with Gasteiger partial charge in [-0.3, -0.25) is 24.0 Å². The van der Waals surface area contributed by atoms with E-state index in [4.69, 9.17) is 23.7 Å². The number of aromatic nitrogens is 1. The quantitative estimate of drug-likeness (QED) is 0.0538. The number of rotatable bonds is 29. The maximum atomic E-state index is 13.7. The molecule has 350 valence electrons. The highest BCUT2D eigenvalue weighted by Gasteiger charge is 2.29. The van der Waals surface area contributed by atoms with Crippen LogP contribution in [0.25, 0.3) is 10.2 Å². The van der Waals surface area contributed by atoms with Crippen LogP contribution in [0, 0.1) is 5.92 Å². The van der Waals surface area contributed by atoms with Gasteiger partial charge < -0.3 is 49.1 Å². The van der Waals surface area contributed by atoms with Gasteiger partial charge >= 0.3 is 5.97 Å². The molecule has 0 radical (unpaired) electrons. The van der Waals surface area contributed by atoms with Crippen LogP contribution >= 0.6 is 11.3 Å². The van der Waals surface area contributed by atoms with Crippen molar-refractivity contribution in [2.24, 2.45) is 5.92 Å². The smallest absolute Gasteiger partial charge is 0.308 e. The molecule has 1 aromatic carbocycles. The van der Waals surface area contributed by atoms with E-state index in [1.54, 1.807) is 16.2 Å². The van der Waals surface area contributed by atoms with Crippen molar-refractivity contribution < 1.29 is 47.7 Å². The van der Waals surface area contributed by atoms with Crippen LogP contribution in [0.3, 0.4) is 0 Å². The Bertz CT molecular complexity index is 1870. The average Bonchev–Trinajstić information content (AvgIpc) is 3.86. The molecule has 1 saturated carbocycles. The summed E-state index contributed by atoms with van der Waals surface area (Å²) >= 11 is 1.55. The van der Waals surface area contributed by atoms with Crippen molar-refractivity contribution in [3.8, 4) is 0 Å². The Hall–Kier alpha value is -4.35. The lowest BCUT2D eigenvalue weighted by Crippen LogP contribution is -2.42. The number of nitrogens with zero attached hydrogens (tertiary/aromatic N) is 2. The Kier molecular flexibility index (Phi) is 22.6. The van der Waals surface area contributed by atoms with Gasteiger partial charge in [-0.05, 0) is 108 Å². The number of fused-ring (bicyclic) bond motifs is 1. The van der Waals surface area contributed by atoms with Crippen molar-refractivity contribution in [1.82, 2.24) is 20.5 Å². The van der Waals surface area contributed by atoms with Crippen LogP contribution in [-0.4, -0.2) is 118 Å². The van der Waals surface area contributed by atoms with Gasteiger partial charge in [-0.25, -0.2) is 0 Å². The number of carbonyl (C=O) groups is 5. The molecule has 3 N–H and O–H groups in total. The number of nitrogens with one attached hydrogen (secondary N) is 3. The first kappa shape index (κ1) is 51.3. The minimum atomic E-state index is -0.494. The minimum Gasteiger partial charge on any atom is -0.460 e. The van der Waals surface area contributed by atoms with Crippen LogP contribution in [0.5, 0.6) is 0 Å². The lowest BCUT2D eigenvalue weighted by atomic mass is 9.85. The highest BCUT2D eigenvalue weighted by molar-refractivity contribution is 7.17. The Morgan fingerprint density at radius 1 is 0.778 bits per heavy atom. The molecule has 0 spiro atoms. The Morgan fingerprint density at radius 3 is 2.13 bits per heavy atom. The van der Waals surface area contributed by atoms with Crippen molar-refractivity contribution >= 4 is 56.8 Å². The molecular weight excluding hydrogens is 827 g/mol. The number of carbonyl (C=O) groups excluding carboxylic acids is 5. The fourth-order valence-electron chi connectivity index (χ4n) is 7.37. The van der Waals surface area contributed by atoms with E-state index in [-0.39, 0.29) is 54.5 Å². The fourth-order valence-corrected chi connectivity index (χ4v) is 8.19. The van der Waals surface area contributed by atoms with Crippen LogP contribution in [0.15, 0.2) is 41.8 Å². The summed E-state index contributed by atoms with van der Waals surface area (Å²) in [6, 6.07) is 11.8. The summed E-state index contributed by atoms with van der Waals surface area (Å²) < 4.78 is 29.8. The number of esters is 1. The zero-order valence-electron chi connectivity index (χ0n) is 38.1. The van der Waals surface area contributed by atoms with Gasteiger partial charge in [-0.1, -0.05) is 25.5 Å². The molecule has 4 rings (SSSR count). The molecule has 15 nitrogen and oxygen atoms in total. The average molecular weight is 898 g/mol. The molecule has 1 fully saturated rings. The van der Waals surface area contributed by atoms with E-state index in [1.807, 2.05) is 68.0 Å². The Morgan fingerprint density at radius 2 is 1.46 bits per heavy atom. The van der Waals surface area contributed by atoms with Gasteiger partial charge in [-0.2, -0.15) is 0 Å². The SMILES string of the molecule is CCc1cccc(N(CC)C(=O)Cn2c(C(=O)NC3CCC(C(=O)NCCCCCC(=O)NCCOCCOCCOCCOCCC(=O)OC(C)(C)C)CC3)cc3sccc32)c1. The molecule has 0 atom stereocenters. The number of ether oxygens (including phenoxy) is 5. The maximum absolute atomic E-state index is 13.7. The first-order valence-electron chi connectivity index (χ1n) is 22.7. The molecule has 0 unspecified atom stereocenters. The van der Waals surface area contributed by atoms with Crippen LogP contribution in [0.2, 0.25) is 0 Å². The van der Waals surface area contributed by atoms with Gasteiger partial charge in [0.05, 0.1) is 69.5 Å². The molecule has 4 amide bonds. The highest BCUT2D eigenvalue weighted by atomic mass is 32.1. The first-order valence-corrected chi connectivity index (χ1v) is 23.6. The molecule has 0 saturated heterocycles. The number of benzene rings is 1. The molecular formula is C47H71N5O10S. The second kappa shape index (κ2) is 27.8. The predicted octanol–water partition coefficient (Wildman–Crippen LogP) is 6.20. The predicted molar refractivity (Wildman–Crippen MR) is 245 cm³/mol. The van der Waals surface area contributed by atoms with Crippen LogP contribution in [0.4, 0.5) is 5.69 Å². The van der Waals surface area contributed by atoms with Gasteiger partial charge in [0.25, 0.3) is 5.91 Å². The third-order valence-electron chi connectivity index (χ3n) is 10.7. The van der Waals surface area contributed by atoms with Crippen LogP contribution in [-0.2, 0) is 55.8 Å². The topological polar surface area (TPSA) is 176 Å². The summed E-state index contributed by atoms with van der Waals surface area (Å²) in [7, 11) is 0. The molecule has 2 aromatic heterocycles. The number of unbranched alkanes of at least 4 members (excludes halogenated alkanes) is 2. The number of hydrogen-bond acceptors (Lipinski definition) is 11. The van der Waals surface area contributed by atoms with E-state index < -0.39 is 5.60 Å². The van der Waals surface area contributed by atoms with Crippen molar-refractivity contribution in [1.29, 1.82) is 0 Å². The molecule has 3 aromatic rings. The minimum absolute atomic E-state index is 0.0214. The number of amides is 4. The molecule has 63 heavy (non-hydrogen) atoms. The van der Waals surface area contributed by atoms with Gasteiger partial charge in [0.15, 0.2) is 0 Å². The van der Waals surface area contributed by atoms with Crippen LogP contribution in [0.1, 0.15) is 108 Å². The van der Waals surface area contributed by atoms with E-state index in [1.165, 1.54) is 0 Å². The maximum Gasteiger partial charge on any atom is 0.308 e. The fraction of sp³-hybridized carbons (Fsp3) is 0.638. The number of hydrogen-bond donors (Lipinski definition) is 3. The van der Waals surface area contributed by atoms with E-state index in [0.717, 1.165) is 47.2 Å². The summed E-state index contributed by atoms with van der Waals surface area (Å²) in [6.07, 6.45) is 6.67. The highest BCUT2D eigenvalue weighted by Crippen LogP contribution is 2.28. The second-order valence-corrected chi connectivity index (χ2v) is 17.7. The van der Waals surface area contributed by atoms with E-state index in [2.05, 4.69) is 28.9 Å². The van der Waals surface area contributed by atoms with E-state index in [0.29, 0.717) is 110 Å². The summed E-state index contributed by atoms with van der Waals surface area (Å²) in [5.74, 6) is -0.628. The number of anilines is 1. The summed E-state index contributed by atoms with van der Waals surface area (Å²) in [4.78, 5) is 65.9. The third kappa shape index (κ3) is 18.7. The summed E-state index contributed by atoms with van der Waals surface area (Å²) in [6.45, 7) is 14.3. The van der Waals surface area contributed by atoms with Gasteiger partial charge in [0.1, 0.15) is 17.8 Å². The summed E-state index contributed by atoms with van der Waals surface area (Å²) in [5.41, 5.74) is 2.87. The van der Waals surface area contributed by atoms with Crippen molar-refractivity contribution in [3.63, 3.8) is 0 Å². The second-order valence-electron chi connectivity index (χ2n) is 16.7. The van der Waals surface area contributed by atoms with Gasteiger partial charge in [0, 0.05) is 43.7 Å². The Balaban J connectivity index is 0.988. The monoisotopic (exact) mass is 897 g/mol. The first-order chi connectivity index (χ1) is 30.4. The van der Waals surface area contributed by atoms with Crippen LogP contribution < -0.4 is 20.9 Å². The molecule has 0 bridgehead atoms. The largest absolute Gasteiger partial charge is 0.460 e. The standard InChI is InChI=1S/C47H71N5O10S/c1-6-35-12-11-13-38(32-35)51(7-2)43(54)34-52-39-20-31-63-41(39)33-40(52)46(57)50-37-17-15-36(16-18-37)45(56)49-21-10-8-9-14-42(53)48-22-24-59-26-28-61-30-29-60-27-25-58-23-19-44(55)62-47(3,4)5/h11-13,20,31-33,36-37H,6-10,14-19,21-30,34H2,1-5H3,(H,48,53)(H,49,56)(H,50,57). The zero-order chi connectivity index (χ0) is 45.5. The van der Waals surface area contributed by atoms with Crippen molar-refractivity contribution in [3.05, 3.63) is 53.0 Å². The molecule has 1 aliphatic rings. The number of thiophene rings is 1. The Labute approximate surface area is 377 Å². The molecule has 16 heteroatoms. The van der Waals surface area contributed by atoms with Gasteiger partial charge in [-0.15, -0.1) is 11.3 Å². The lowest BCUT2D eigenvalue weighted by molar-refractivity contribution is -0.156. The zero-order valence-corrected chi connectivity index (χ0v) is 39.0. The molecule has 2 heterocycles. The normalized spacial score (nSPS) is 15.3. The van der Waals surface area contributed by atoms with E-state index >= 15 is 0 Å². The van der Waals surface area contributed by atoms with E-state index in [9.17, 15) is 24.0 Å². The number of aryl methyl sites for hydroxylation is 1. The molecule has 1 aliphatic carbocycles. The molecule has 0 aliphatic heterocycles. The number of likely N-dealkylation sites (N-methyl/N-ethyl adjacent to an activating group) is 1. The summed E-state index contributed by atoms with van der Waals surface area (Å²) in [5, 5.41) is 11.1. The van der Waals surface area contributed by atoms with Crippen molar-refractivity contribution in [2.75, 3.05) is 77.4 Å². The third-order valence-corrected chi connectivity index (χ3v) is 11.5. The van der Waals surface area contributed by atoms with Crippen molar-refractivity contribution in [2.45, 2.75) is 117 Å².